The zero-order valence-corrected chi connectivity index (χ0v) is 14.0. The van der Waals surface area contributed by atoms with Gasteiger partial charge < -0.3 is 10.2 Å². The van der Waals surface area contributed by atoms with Gasteiger partial charge in [0.05, 0.1) is 18.2 Å². The van der Waals surface area contributed by atoms with Gasteiger partial charge in [-0.3, -0.25) is 14.6 Å². The number of carbonyl (C=O) groups is 2. The number of halogens is 1. The average molecular weight is 374 g/mol. The van der Waals surface area contributed by atoms with E-state index in [0.29, 0.717) is 13.1 Å². The number of likely N-dealkylation sites (tertiary alicyclic amines) is 1. The van der Waals surface area contributed by atoms with E-state index in [4.69, 9.17) is 0 Å². The second kappa shape index (κ2) is 6.91. The molecule has 1 aliphatic rings. The Labute approximate surface area is 142 Å². The van der Waals surface area contributed by atoms with Gasteiger partial charge in [-0.1, -0.05) is 22.0 Å². The fraction of sp³-hybridized carbons (Fsp3) is 0.235. The summed E-state index contributed by atoms with van der Waals surface area (Å²) in [5, 5.41) is 2.86. The van der Waals surface area contributed by atoms with E-state index in [2.05, 4.69) is 26.2 Å². The van der Waals surface area contributed by atoms with E-state index < -0.39 is 0 Å². The van der Waals surface area contributed by atoms with Crippen LogP contribution in [0.25, 0.3) is 0 Å². The summed E-state index contributed by atoms with van der Waals surface area (Å²) in [7, 11) is 0. The fourth-order valence-electron chi connectivity index (χ4n) is 2.57. The maximum Gasteiger partial charge on any atom is 0.229 e. The number of amides is 2. The summed E-state index contributed by atoms with van der Waals surface area (Å²) in [6, 6.07) is 13.0. The number of hydrogen-bond donors (Lipinski definition) is 1. The highest BCUT2D eigenvalue weighted by atomic mass is 79.9. The van der Waals surface area contributed by atoms with Gasteiger partial charge in [-0.15, -0.1) is 0 Å². The van der Waals surface area contributed by atoms with Crippen LogP contribution in [0.3, 0.4) is 0 Å². The number of pyridine rings is 1. The first kappa shape index (κ1) is 15.7. The molecule has 6 heteroatoms. The Morgan fingerprint density at radius 1 is 1.26 bits per heavy atom. The summed E-state index contributed by atoms with van der Waals surface area (Å²) in [5.41, 5.74) is 1.56. The van der Waals surface area contributed by atoms with E-state index in [1.807, 2.05) is 42.5 Å². The summed E-state index contributed by atoms with van der Waals surface area (Å²) in [4.78, 5) is 30.3. The van der Waals surface area contributed by atoms with Crippen molar-refractivity contribution in [2.45, 2.75) is 13.0 Å². The lowest BCUT2D eigenvalue weighted by molar-refractivity contribution is -0.128. The van der Waals surface area contributed by atoms with E-state index in [1.165, 1.54) is 0 Å². The summed E-state index contributed by atoms with van der Waals surface area (Å²) in [5.74, 6) is -0.453. The van der Waals surface area contributed by atoms with E-state index in [9.17, 15) is 9.59 Å². The zero-order chi connectivity index (χ0) is 16.2. The van der Waals surface area contributed by atoms with Crippen LogP contribution in [0.1, 0.15) is 12.1 Å². The number of anilines is 1. The SMILES string of the molecule is O=C(Nc1ccc(Br)cc1)C1CC(=O)N(Cc2ccccn2)C1. The Hall–Kier alpha value is -2.21. The molecule has 0 spiro atoms. The van der Waals surface area contributed by atoms with Gasteiger partial charge in [0, 0.05) is 29.3 Å². The van der Waals surface area contributed by atoms with Crippen molar-refractivity contribution in [2.24, 2.45) is 5.92 Å². The van der Waals surface area contributed by atoms with Crippen molar-refractivity contribution >= 4 is 33.4 Å². The monoisotopic (exact) mass is 373 g/mol. The fourth-order valence-corrected chi connectivity index (χ4v) is 2.83. The molecule has 3 rings (SSSR count). The lowest BCUT2D eigenvalue weighted by atomic mass is 10.1. The smallest absolute Gasteiger partial charge is 0.229 e. The molecule has 0 aliphatic carbocycles. The molecule has 118 valence electrons. The van der Waals surface area contributed by atoms with Crippen LogP contribution in [0.15, 0.2) is 53.1 Å². The number of benzene rings is 1. The first-order valence-electron chi connectivity index (χ1n) is 7.36. The first-order valence-corrected chi connectivity index (χ1v) is 8.15. The van der Waals surface area contributed by atoms with Crippen LogP contribution in [0.4, 0.5) is 5.69 Å². The number of nitrogens with zero attached hydrogens (tertiary/aromatic N) is 2. The van der Waals surface area contributed by atoms with Gasteiger partial charge in [-0.2, -0.15) is 0 Å². The predicted molar refractivity (Wildman–Crippen MR) is 90.5 cm³/mol. The Morgan fingerprint density at radius 3 is 2.74 bits per heavy atom. The summed E-state index contributed by atoms with van der Waals surface area (Å²) < 4.78 is 0.952. The molecular formula is C17H16BrN3O2. The molecule has 0 radical (unpaired) electrons. The van der Waals surface area contributed by atoms with Gasteiger partial charge >= 0.3 is 0 Å². The van der Waals surface area contributed by atoms with Gasteiger partial charge in [0.25, 0.3) is 0 Å². The molecule has 23 heavy (non-hydrogen) atoms. The Morgan fingerprint density at radius 2 is 2.04 bits per heavy atom. The Kier molecular flexibility index (Phi) is 4.71. The summed E-state index contributed by atoms with van der Waals surface area (Å²) >= 11 is 3.36. The molecule has 0 bridgehead atoms. The molecule has 2 amide bonds. The zero-order valence-electron chi connectivity index (χ0n) is 12.4. The van der Waals surface area contributed by atoms with E-state index in [0.717, 1.165) is 15.9 Å². The molecule has 1 saturated heterocycles. The third kappa shape index (κ3) is 3.96. The van der Waals surface area contributed by atoms with Gasteiger partial charge in [0.1, 0.15) is 0 Å². The van der Waals surface area contributed by atoms with Gasteiger partial charge in [0.15, 0.2) is 0 Å². The van der Waals surface area contributed by atoms with Crippen molar-refractivity contribution in [1.29, 1.82) is 0 Å². The number of nitrogens with one attached hydrogen (secondary N) is 1. The number of carbonyl (C=O) groups excluding carboxylic acids is 2. The Bertz CT molecular complexity index is 704. The number of hydrogen-bond acceptors (Lipinski definition) is 3. The van der Waals surface area contributed by atoms with Crippen molar-refractivity contribution in [3.63, 3.8) is 0 Å². The topological polar surface area (TPSA) is 62.3 Å². The molecule has 1 aromatic heterocycles. The first-order chi connectivity index (χ1) is 11.1. The molecule has 2 heterocycles. The van der Waals surface area contributed by atoms with Crippen molar-refractivity contribution in [3.8, 4) is 0 Å². The van der Waals surface area contributed by atoms with Gasteiger partial charge in [-0.25, -0.2) is 0 Å². The largest absolute Gasteiger partial charge is 0.336 e. The van der Waals surface area contributed by atoms with Crippen LogP contribution in [-0.4, -0.2) is 28.2 Å². The quantitative estimate of drug-likeness (QED) is 0.895. The molecule has 1 aliphatic heterocycles. The minimum atomic E-state index is -0.324. The maximum atomic E-state index is 12.3. The minimum Gasteiger partial charge on any atom is -0.336 e. The third-order valence-electron chi connectivity index (χ3n) is 3.78. The molecule has 1 N–H and O–H groups in total. The van der Waals surface area contributed by atoms with Crippen molar-refractivity contribution in [2.75, 3.05) is 11.9 Å². The molecule has 2 aromatic rings. The summed E-state index contributed by atoms with van der Waals surface area (Å²) in [6.07, 6.45) is 1.95. The number of rotatable bonds is 4. The molecule has 1 aromatic carbocycles. The molecular weight excluding hydrogens is 358 g/mol. The van der Waals surface area contributed by atoms with Crippen molar-refractivity contribution < 1.29 is 9.59 Å². The molecule has 5 nitrogen and oxygen atoms in total. The molecule has 0 saturated carbocycles. The van der Waals surface area contributed by atoms with Gasteiger partial charge in [0.2, 0.25) is 11.8 Å². The van der Waals surface area contributed by atoms with Crippen LogP contribution in [-0.2, 0) is 16.1 Å². The highest BCUT2D eigenvalue weighted by Gasteiger charge is 2.34. The molecule has 1 unspecified atom stereocenters. The third-order valence-corrected chi connectivity index (χ3v) is 4.30. The predicted octanol–water partition coefficient (Wildman–Crippen LogP) is 2.83. The van der Waals surface area contributed by atoms with Crippen LogP contribution in [0.5, 0.6) is 0 Å². The molecule has 1 atom stereocenters. The second-order valence-corrected chi connectivity index (χ2v) is 6.41. The summed E-state index contributed by atoms with van der Waals surface area (Å²) in [6.45, 7) is 0.875. The van der Waals surface area contributed by atoms with Crippen LogP contribution in [0, 0.1) is 5.92 Å². The highest BCUT2D eigenvalue weighted by Crippen LogP contribution is 2.22. The van der Waals surface area contributed by atoms with E-state index in [1.54, 1.807) is 11.1 Å². The second-order valence-electron chi connectivity index (χ2n) is 5.49. The molecule has 1 fully saturated rings. The lowest BCUT2D eigenvalue weighted by Gasteiger charge is -2.16. The van der Waals surface area contributed by atoms with E-state index >= 15 is 0 Å². The van der Waals surface area contributed by atoms with Crippen LogP contribution in [0.2, 0.25) is 0 Å². The van der Waals surface area contributed by atoms with Crippen molar-refractivity contribution in [3.05, 3.63) is 58.8 Å². The maximum absolute atomic E-state index is 12.3. The minimum absolute atomic E-state index is 0.00777. The van der Waals surface area contributed by atoms with Crippen molar-refractivity contribution in [1.82, 2.24) is 9.88 Å². The normalized spacial score (nSPS) is 17.3. The highest BCUT2D eigenvalue weighted by molar-refractivity contribution is 9.10. The van der Waals surface area contributed by atoms with Crippen LogP contribution >= 0.6 is 15.9 Å². The standard InChI is InChI=1S/C17H16BrN3O2/c18-13-4-6-14(7-5-13)20-17(23)12-9-16(22)21(10-12)11-15-3-1-2-8-19-15/h1-8,12H,9-11H2,(H,20,23). The van der Waals surface area contributed by atoms with E-state index in [-0.39, 0.29) is 24.2 Å². The Balaban J connectivity index is 1.60. The van der Waals surface area contributed by atoms with Gasteiger partial charge in [-0.05, 0) is 36.4 Å². The average Bonchev–Trinajstić information content (AvgIpc) is 2.92. The number of aromatic nitrogens is 1. The lowest BCUT2D eigenvalue weighted by Crippen LogP contribution is -2.28. The van der Waals surface area contributed by atoms with Crippen LogP contribution < -0.4 is 5.32 Å².